The lowest BCUT2D eigenvalue weighted by atomic mass is 9.64. The molecule has 2 N–H and O–H groups in total. The number of rotatable bonds is 10. The van der Waals surface area contributed by atoms with Crippen LogP contribution in [-0.2, 0) is 15.0 Å². The van der Waals surface area contributed by atoms with Crippen LogP contribution in [0.5, 0.6) is 0 Å². The van der Waals surface area contributed by atoms with Gasteiger partial charge in [-0.2, -0.15) is 0 Å². The second kappa shape index (κ2) is 8.70. The molecule has 0 spiro atoms. The zero-order valence-electron chi connectivity index (χ0n) is 13.7. The number of unbranched alkanes of at least 4 members (excludes halogenated alkanes) is 4. The molecule has 4 heteroatoms. The first-order chi connectivity index (χ1) is 11.1. The Morgan fingerprint density at radius 3 is 2.26 bits per heavy atom. The van der Waals surface area contributed by atoms with Crippen LogP contribution >= 0.6 is 0 Å². The second-order valence-electron chi connectivity index (χ2n) is 6.47. The van der Waals surface area contributed by atoms with Crippen molar-refractivity contribution in [3.05, 3.63) is 35.9 Å². The quantitative estimate of drug-likeness (QED) is 0.647. The fraction of sp³-hybridized carbons (Fsp3) is 0.579. The van der Waals surface area contributed by atoms with E-state index in [4.69, 9.17) is 5.11 Å². The van der Waals surface area contributed by atoms with Gasteiger partial charge in [-0.25, -0.2) is 0 Å². The molecule has 0 heterocycles. The van der Waals surface area contributed by atoms with E-state index >= 15 is 0 Å². The number of amides is 1. The van der Waals surface area contributed by atoms with Crippen LogP contribution in [0.2, 0.25) is 0 Å². The molecule has 0 aromatic heterocycles. The number of carboxylic acids is 1. The minimum absolute atomic E-state index is 0.167. The van der Waals surface area contributed by atoms with Crippen LogP contribution in [0.4, 0.5) is 0 Å². The Hall–Kier alpha value is -1.84. The van der Waals surface area contributed by atoms with Gasteiger partial charge in [-0.1, -0.05) is 56.0 Å². The number of hydrogen-bond donors (Lipinski definition) is 2. The first-order valence-corrected chi connectivity index (χ1v) is 8.71. The van der Waals surface area contributed by atoms with Gasteiger partial charge in [-0.15, -0.1) is 0 Å². The van der Waals surface area contributed by atoms with Gasteiger partial charge >= 0.3 is 5.97 Å². The summed E-state index contributed by atoms with van der Waals surface area (Å²) in [6.07, 6.45) is 8.00. The summed E-state index contributed by atoms with van der Waals surface area (Å²) in [6, 6.07) is 10.1. The van der Waals surface area contributed by atoms with Gasteiger partial charge in [0.2, 0.25) is 5.91 Å². The summed E-state index contributed by atoms with van der Waals surface area (Å²) >= 11 is 0. The molecule has 1 fully saturated rings. The molecule has 0 atom stereocenters. The largest absolute Gasteiger partial charge is 0.481 e. The van der Waals surface area contributed by atoms with Crippen molar-refractivity contribution in [1.82, 2.24) is 5.32 Å². The minimum Gasteiger partial charge on any atom is -0.481 e. The Morgan fingerprint density at radius 1 is 1.00 bits per heavy atom. The Labute approximate surface area is 138 Å². The van der Waals surface area contributed by atoms with E-state index in [0.29, 0.717) is 6.54 Å². The molecular weight excluding hydrogens is 290 g/mol. The van der Waals surface area contributed by atoms with Gasteiger partial charge in [0.15, 0.2) is 0 Å². The van der Waals surface area contributed by atoms with Crippen LogP contribution in [0.1, 0.15) is 63.4 Å². The average molecular weight is 317 g/mol. The fourth-order valence-corrected chi connectivity index (χ4v) is 3.24. The average Bonchev–Trinajstić information content (AvgIpc) is 2.49. The number of carbonyl (C=O) groups is 2. The van der Waals surface area contributed by atoms with Crippen LogP contribution < -0.4 is 5.32 Å². The van der Waals surface area contributed by atoms with Crippen LogP contribution in [0.3, 0.4) is 0 Å². The SMILES string of the molecule is O=C(O)CCCCCCCNC(=O)C1(c2ccccc2)CCC1. The van der Waals surface area contributed by atoms with Gasteiger partial charge in [0.1, 0.15) is 0 Å². The van der Waals surface area contributed by atoms with Crippen molar-refractivity contribution >= 4 is 11.9 Å². The van der Waals surface area contributed by atoms with Gasteiger partial charge < -0.3 is 10.4 Å². The number of benzene rings is 1. The van der Waals surface area contributed by atoms with E-state index in [0.717, 1.165) is 56.9 Å². The summed E-state index contributed by atoms with van der Waals surface area (Å²) in [5.74, 6) is -0.551. The molecule has 4 nitrogen and oxygen atoms in total. The molecule has 1 aliphatic rings. The number of carboxylic acid groups (broad SMARTS) is 1. The molecular formula is C19H27NO3. The zero-order chi connectivity index (χ0) is 16.5. The zero-order valence-corrected chi connectivity index (χ0v) is 13.7. The molecule has 0 aliphatic heterocycles. The minimum atomic E-state index is -0.719. The normalized spacial score (nSPS) is 15.7. The highest BCUT2D eigenvalue weighted by atomic mass is 16.4. The van der Waals surface area contributed by atoms with Crippen LogP contribution in [0.15, 0.2) is 30.3 Å². The standard InChI is InChI=1S/C19H27NO3/c21-17(22)12-7-2-1-3-8-15-20-18(23)19(13-9-14-19)16-10-5-4-6-11-16/h4-6,10-11H,1-3,7-9,12-15H2,(H,20,23)(H,21,22). The smallest absolute Gasteiger partial charge is 0.303 e. The molecule has 0 bridgehead atoms. The third-order valence-corrected chi connectivity index (χ3v) is 4.82. The van der Waals surface area contributed by atoms with Crippen molar-refractivity contribution < 1.29 is 14.7 Å². The van der Waals surface area contributed by atoms with E-state index in [2.05, 4.69) is 17.4 Å². The van der Waals surface area contributed by atoms with Crippen molar-refractivity contribution in [3.8, 4) is 0 Å². The second-order valence-corrected chi connectivity index (χ2v) is 6.47. The molecule has 1 aliphatic carbocycles. The van der Waals surface area contributed by atoms with Crippen molar-refractivity contribution in [3.63, 3.8) is 0 Å². The molecule has 1 saturated carbocycles. The molecule has 1 aromatic rings. The van der Waals surface area contributed by atoms with E-state index in [1.807, 2.05) is 18.2 Å². The van der Waals surface area contributed by atoms with E-state index in [1.54, 1.807) is 0 Å². The molecule has 0 radical (unpaired) electrons. The highest BCUT2D eigenvalue weighted by Gasteiger charge is 2.45. The highest BCUT2D eigenvalue weighted by Crippen LogP contribution is 2.43. The lowest BCUT2D eigenvalue weighted by Gasteiger charge is -2.40. The Kier molecular flexibility index (Phi) is 6.63. The molecule has 0 saturated heterocycles. The summed E-state index contributed by atoms with van der Waals surface area (Å²) in [7, 11) is 0. The number of carbonyl (C=O) groups excluding carboxylic acids is 1. The van der Waals surface area contributed by atoms with Crippen molar-refractivity contribution in [2.45, 2.75) is 63.2 Å². The van der Waals surface area contributed by atoms with Crippen LogP contribution in [-0.4, -0.2) is 23.5 Å². The maximum Gasteiger partial charge on any atom is 0.303 e. The van der Waals surface area contributed by atoms with Crippen LogP contribution in [0, 0.1) is 0 Å². The summed E-state index contributed by atoms with van der Waals surface area (Å²) in [6.45, 7) is 0.715. The molecule has 23 heavy (non-hydrogen) atoms. The highest BCUT2D eigenvalue weighted by molar-refractivity contribution is 5.89. The fourth-order valence-electron chi connectivity index (χ4n) is 3.24. The van der Waals surface area contributed by atoms with E-state index < -0.39 is 5.97 Å². The Balaban J connectivity index is 1.66. The van der Waals surface area contributed by atoms with E-state index in [1.165, 1.54) is 0 Å². The maximum absolute atomic E-state index is 12.6. The first kappa shape index (κ1) is 17.5. The van der Waals surface area contributed by atoms with Crippen molar-refractivity contribution in [1.29, 1.82) is 0 Å². The summed E-state index contributed by atoms with van der Waals surface area (Å²) in [4.78, 5) is 23.0. The Bertz CT molecular complexity index is 509. The molecule has 126 valence electrons. The summed E-state index contributed by atoms with van der Waals surface area (Å²) in [5, 5.41) is 11.7. The predicted molar refractivity (Wildman–Crippen MR) is 90.3 cm³/mol. The monoisotopic (exact) mass is 317 g/mol. The summed E-state index contributed by atoms with van der Waals surface area (Å²) < 4.78 is 0. The van der Waals surface area contributed by atoms with Gasteiger partial charge in [0, 0.05) is 13.0 Å². The lowest BCUT2D eigenvalue weighted by Crippen LogP contribution is -2.49. The Morgan fingerprint density at radius 2 is 1.65 bits per heavy atom. The van der Waals surface area contributed by atoms with Crippen molar-refractivity contribution in [2.75, 3.05) is 6.54 Å². The summed E-state index contributed by atoms with van der Waals surface area (Å²) in [5.41, 5.74) is 0.834. The van der Waals surface area contributed by atoms with Crippen LogP contribution in [0.25, 0.3) is 0 Å². The third-order valence-electron chi connectivity index (χ3n) is 4.82. The number of aliphatic carboxylic acids is 1. The predicted octanol–water partition coefficient (Wildman–Crippen LogP) is 3.65. The van der Waals surface area contributed by atoms with Gasteiger partial charge in [-0.3, -0.25) is 9.59 Å². The molecule has 1 aromatic carbocycles. The maximum atomic E-state index is 12.6. The third kappa shape index (κ3) is 4.81. The molecule has 0 unspecified atom stereocenters. The van der Waals surface area contributed by atoms with Gasteiger partial charge in [0.25, 0.3) is 0 Å². The molecule has 1 amide bonds. The van der Waals surface area contributed by atoms with Gasteiger partial charge in [0.05, 0.1) is 5.41 Å². The van der Waals surface area contributed by atoms with E-state index in [-0.39, 0.29) is 17.7 Å². The lowest BCUT2D eigenvalue weighted by molar-refractivity contribution is -0.137. The van der Waals surface area contributed by atoms with E-state index in [9.17, 15) is 9.59 Å². The van der Waals surface area contributed by atoms with Crippen molar-refractivity contribution in [2.24, 2.45) is 0 Å². The topological polar surface area (TPSA) is 66.4 Å². The number of nitrogens with one attached hydrogen (secondary N) is 1. The number of hydrogen-bond acceptors (Lipinski definition) is 2. The molecule has 2 rings (SSSR count). The van der Waals surface area contributed by atoms with Gasteiger partial charge in [-0.05, 0) is 31.2 Å². The first-order valence-electron chi connectivity index (χ1n) is 8.71.